The summed E-state index contributed by atoms with van der Waals surface area (Å²) in [6, 6.07) is 5.25. The number of aryl methyl sites for hydroxylation is 1. The molecular weight excluding hydrogens is 280 g/mol. The number of nitrogens with zero attached hydrogens (tertiary/aromatic N) is 2. The first-order valence-electron chi connectivity index (χ1n) is 6.49. The fourth-order valence-electron chi connectivity index (χ4n) is 2.29. The minimum atomic E-state index is -0.795. The van der Waals surface area contributed by atoms with Crippen LogP contribution in [0.4, 0.5) is 0 Å². The summed E-state index contributed by atoms with van der Waals surface area (Å²) in [4.78, 5) is 0. The number of aliphatic hydroxyl groups is 1. The van der Waals surface area contributed by atoms with E-state index < -0.39 is 6.10 Å². The first-order valence-corrected chi connectivity index (χ1v) is 6.87. The van der Waals surface area contributed by atoms with Gasteiger partial charge in [-0.05, 0) is 30.2 Å². The second-order valence-corrected chi connectivity index (χ2v) is 5.03. The minimum Gasteiger partial charge on any atom is -0.454 e. The molecule has 0 fully saturated rings. The van der Waals surface area contributed by atoms with Crippen molar-refractivity contribution in [3.05, 3.63) is 40.7 Å². The van der Waals surface area contributed by atoms with E-state index in [-0.39, 0.29) is 6.79 Å². The van der Waals surface area contributed by atoms with Gasteiger partial charge in [-0.25, -0.2) is 0 Å². The molecule has 1 atom stereocenters. The van der Waals surface area contributed by atoms with E-state index in [1.165, 1.54) is 0 Å². The van der Waals surface area contributed by atoms with Gasteiger partial charge in [-0.1, -0.05) is 18.5 Å². The van der Waals surface area contributed by atoms with E-state index in [1.807, 2.05) is 0 Å². The lowest BCUT2D eigenvalue weighted by Crippen LogP contribution is -2.10. The van der Waals surface area contributed by atoms with Crippen molar-refractivity contribution in [1.29, 1.82) is 0 Å². The largest absolute Gasteiger partial charge is 0.454 e. The van der Waals surface area contributed by atoms with E-state index in [1.54, 1.807) is 29.1 Å². The number of hydrogen-bond acceptors (Lipinski definition) is 4. The quantitative estimate of drug-likeness (QED) is 0.942. The Bertz CT molecular complexity index is 627. The number of rotatable bonds is 4. The van der Waals surface area contributed by atoms with Crippen molar-refractivity contribution < 1.29 is 14.6 Å². The van der Waals surface area contributed by atoms with Crippen LogP contribution in [-0.2, 0) is 6.54 Å². The van der Waals surface area contributed by atoms with E-state index in [4.69, 9.17) is 21.1 Å². The van der Waals surface area contributed by atoms with Crippen molar-refractivity contribution >= 4 is 11.6 Å². The highest BCUT2D eigenvalue weighted by molar-refractivity contribution is 6.32. The lowest BCUT2D eigenvalue weighted by atomic mass is 10.1. The first-order chi connectivity index (χ1) is 9.70. The number of ether oxygens (including phenoxy) is 2. The SMILES string of the molecule is CCCn1nccc1C(O)c1cc(Cl)c2c(c1)OCO2. The molecule has 1 aliphatic heterocycles. The predicted molar refractivity (Wildman–Crippen MR) is 74.2 cm³/mol. The number of aliphatic hydroxyl groups excluding tert-OH is 1. The van der Waals surface area contributed by atoms with E-state index in [9.17, 15) is 5.11 Å². The van der Waals surface area contributed by atoms with E-state index in [2.05, 4.69) is 12.0 Å². The molecule has 3 rings (SSSR count). The Balaban J connectivity index is 1.96. The van der Waals surface area contributed by atoms with Crippen molar-refractivity contribution in [2.24, 2.45) is 0 Å². The van der Waals surface area contributed by atoms with Crippen LogP contribution in [0.5, 0.6) is 11.5 Å². The Morgan fingerprint density at radius 1 is 1.45 bits per heavy atom. The van der Waals surface area contributed by atoms with Crippen LogP contribution in [0.15, 0.2) is 24.4 Å². The van der Waals surface area contributed by atoms with Crippen molar-refractivity contribution in [2.75, 3.05) is 6.79 Å². The van der Waals surface area contributed by atoms with Crippen LogP contribution in [0, 0.1) is 0 Å². The number of benzene rings is 1. The van der Waals surface area contributed by atoms with Gasteiger partial charge in [0.15, 0.2) is 11.5 Å². The molecule has 6 heteroatoms. The van der Waals surface area contributed by atoms with Gasteiger partial charge in [0.25, 0.3) is 0 Å². The maximum absolute atomic E-state index is 10.5. The second-order valence-electron chi connectivity index (χ2n) is 4.62. The second kappa shape index (κ2) is 5.34. The number of hydrogen-bond donors (Lipinski definition) is 1. The highest BCUT2D eigenvalue weighted by Crippen LogP contribution is 2.41. The molecule has 2 heterocycles. The maximum Gasteiger partial charge on any atom is 0.231 e. The van der Waals surface area contributed by atoms with Gasteiger partial charge in [-0.2, -0.15) is 5.10 Å². The summed E-state index contributed by atoms with van der Waals surface area (Å²) in [6.07, 6.45) is 1.84. The summed E-state index contributed by atoms with van der Waals surface area (Å²) in [5.41, 5.74) is 1.40. The highest BCUT2D eigenvalue weighted by atomic mass is 35.5. The normalized spacial score (nSPS) is 14.6. The van der Waals surface area contributed by atoms with Gasteiger partial charge in [0, 0.05) is 12.7 Å². The summed E-state index contributed by atoms with van der Waals surface area (Å²) in [6.45, 7) is 2.98. The van der Waals surface area contributed by atoms with Crippen LogP contribution in [0.25, 0.3) is 0 Å². The van der Waals surface area contributed by atoms with Gasteiger partial charge in [0.2, 0.25) is 6.79 Å². The Labute approximate surface area is 121 Å². The smallest absolute Gasteiger partial charge is 0.231 e. The predicted octanol–water partition coefficient (Wildman–Crippen LogP) is 2.76. The molecule has 0 aliphatic carbocycles. The molecule has 0 amide bonds. The van der Waals surface area contributed by atoms with Crippen LogP contribution in [0.1, 0.15) is 30.7 Å². The van der Waals surface area contributed by atoms with Gasteiger partial charge < -0.3 is 14.6 Å². The van der Waals surface area contributed by atoms with Crippen molar-refractivity contribution in [2.45, 2.75) is 26.0 Å². The zero-order valence-electron chi connectivity index (χ0n) is 11.0. The Morgan fingerprint density at radius 3 is 3.10 bits per heavy atom. The van der Waals surface area contributed by atoms with Crippen molar-refractivity contribution in [1.82, 2.24) is 9.78 Å². The number of aromatic nitrogens is 2. The maximum atomic E-state index is 10.5. The molecule has 1 aromatic heterocycles. The molecule has 0 radical (unpaired) electrons. The fraction of sp³-hybridized carbons (Fsp3) is 0.357. The van der Waals surface area contributed by atoms with Crippen LogP contribution in [0.2, 0.25) is 5.02 Å². The van der Waals surface area contributed by atoms with E-state index in [0.717, 1.165) is 18.7 Å². The summed E-state index contributed by atoms with van der Waals surface area (Å²) in [5, 5.41) is 15.2. The first kappa shape index (κ1) is 13.3. The van der Waals surface area contributed by atoms with Crippen LogP contribution in [0.3, 0.4) is 0 Å². The molecule has 0 spiro atoms. The summed E-state index contributed by atoms with van der Waals surface area (Å²) in [7, 11) is 0. The molecule has 106 valence electrons. The molecule has 1 N–H and O–H groups in total. The van der Waals surface area contributed by atoms with Crippen molar-refractivity contribution in [3.63, 3.8) is 0 Å². The highest BCUT2D eigenvalue weighted by Gasteiger charge is 2.23. The summed E-state index contributed by atoms with van der Waals surface area (Å²) >= 11 is 6.14. The average Bonchev–Trinajstić information content (AvgIpc) is 3.07. The summed E-state index contributed by atoms with van der Waals surface area (Å²) in [5.74, 6) is 1.10. The Morgan fingerprint density at radius 2 is 2.30 bits per heavy atom. The van der Waals surface area contributed by atoms with Crippen LogP contribution >= 0.6 is 11.6 Å². The molecule has 2 aromatic rings. The Kier molecular flexibility index (Phi) is 3.54. The van der Waals surface area contributed by atoms with Crippen molar-refractivity contribution in [3.8, 4) is 11.5 Å². The number of fused-ring (bicyclic) bond motifs is 1. The lowest BCUT2D eigenvalue weighted by Gasteiger charge is -2.14. The summed E-state index contributed by atoms with van der Waals surface area (Å²) < 4.78 is 12.4. The van der Waals surface area contributed by atoms with E-state index in [0.29, 0.717) is 22.1 Å². The van der Waals surface area contributed by atoms with Gasteiger partial charge in [0.05, 0.1) is 10.7 Å². The fourth-order valence-corrected chi connectivity index (χ4v) is 2.56. The third-order valence-electron chi connectivity index (χ3n) is 3.23. The topological polar surface area (TPSA) is 56.5 Å². The molecule has 0 bridgehead atoms. The zero-order chi connectivity index (χ0) is 14.1. The third-order valence-corrected chi connectivity index (χ3v) is 3.51. The molecule has 1 aliphatic rings. The zero-order valence-corrected chi connectivity index (χ0v) is 11.8. The number of halogens is 1. The molecule has 5 nitrogen and oxygen atoms in total. The minimum absolute atomic E-state index is 0.155. The molecular formula is C14H15ClN2O3. The van der Waals surface area contributed by atoms with Crippen LogP contribution in [-0.4, -0.2) is 21.7 Å². The third kappa shape index (κ3) is 2.23. The Hall–Kier alpha value is -1.72. The average molecular weight is 295 g/mol. The molecule has 1 unspecified atom stereocenters. The van der Waals surface area contributed by atoms with Gasteiger partial charge in [0.1, 0.15) is 6.10 Å². The lowest BCUT2D eigenvalue weighted by molar-refractivity contribution is 0.173. The monoisotopic (exact) mass is 294 g/mol. The van der Waals surface area contributed by atoms with Gasteiger partial charge in [-0.15, -0.1) is 0 Å². The molecule has 20 heavy (non-hydrogen) atoms. The molecule has 0 saturated heterocycles. The van der Waals surface area contributed by atoms with Gasteiger partial charge in [-0.3, -0.25) is 4.68 Å². The molecule has 0 saturated carbocycles. The van der Waals surface area contributed by atoms with Crippen LogP contribution < -0.4 is 9.47 Å². The van der Waals surface area contributed by atoms with Gasteiger partial charge >= 0.3 is 0 Å². The van der Waals surface area contributed by atoms with E-state index >= 15 is 0 Å². The standard InChI is InChI=1S/C14H15ClN2O3/c1-2-5-17-11(3-4-16-17)13(18)9-6-10(15)14-12(7-9)19-8-20-14/h3-4,6-7,13,18H,2,5,8H2,1H3. The molecule has 1 aromatic carbocycles.